The minimum atomic E-state index is 0.0625. The maximum absolute atomic E-state index is 13.1. The summed E-state index contributed by atoms with van der Waals surface area (Å²) in [6.45, 7) is 6.56. The molecule has 0 aliphatic carbocycles. The number of fused-ring (bicyclic) bond motifs is 2. The Kier molecular flexibility index (Phi) is 5.20. The molecule has 33 heavy (non-hydrogen) atoms. The fourth-order valence-corrected chi connectivity index (χ4v) is 4.69. The first-order valence-electron chi connectivity index (χ1n) is 11.6. The van der Waals surface area contributed by atoms with Gasteiger partial charge in [0.2, 0.25) is 0 Å². The Labute approximate surface area is 191 Å². The Morgan fingerprint density at radius 2 is 1.88 bits per heavy atom. The number of ether oxygens (including phenoxy) is 1. The number of aromatic nitrogens is 4. The number of hydrogen-bond acceptors (Lipinski definition) is 6. The van der Waals surface area contributed by atoms with E-state index >= 15 is 0 Å². The molecule has 2 fully saturated rings. The van der Waals surface area contributed by atoms with Crippen LogP contribution in [0.25, 0.3) is 33.5 Å². The Bertz CT molecular complexity index is 1300. The minimum Gasteiger partial charge on any atom is -0.378 e. The van der Waals surface area contributed by atoms with Crippen molar-refractivity contribution < 1.29 is 9.53 Å². The number of imidazole rings is 1. The predicted octanol–water partition coefficient (Wildman–Crippen LogP) is 2.38. The molecule has 2 aliphatic rings. The number of carbonyl (C=O) groups excluding carboxylic acids is 1. The number of aromatic amines is 2. The van der Waals surface area contributed by atoms with E-state index in [0.29, 0.717) is 11.4 Å². The normalized spacial score (nSPS) is 17.6. The first-order valence-corrected chi connectivity index (χ1v) is 11.6. The summed E-state index contributed by atoms with van der Waals surface area (Å²) in [5, 5.41) is 11.8. The number of rotatable bonds is 3. The molecule has 0 spiro atoms. The average Bonchev–Trinajstić information content (AvgIpc) is 3.37. The summed E-state index contributed by atoms with van der Waals surface area (Å²) >= 11 is 0. The van der Waals surface area contributed by atoms with Gasteiger partial charge in [0.25, 0.3) is 5.91 Å². The molecule has 0 atom stereocenters. The molecule has 9 nitrogen and oxygen atoms in total. The zero-order valence-corrected chi connectivity index (χ0v) is 18.4. The molecule has 2 aliphatic heterocycles. The largest absolute Gasteiger partial charge is 0.378 e. The molecule has 4 heterocycles. The van der Waals surface area contributed by atoms with E-state index in [1.807, 2.05) is 29.2 Å². The number of benzene rings is 2. The predicted molar refractivity (Wildman–Crippen MR) is 128 cm³/mol. The zero-order valence-electron chi connectivity index (χ0n) is 18.4. The van der Waals surface area contributed by atoms with Crippen LogP contribution >= 0.6 is 0 Å². The van der Waals surface area contributed by atoms with Crippen LogP contribution in [0.2, 0.25) is 0 Å². The van der Waals surface area contributed by atoms with Crippen molar-refractivity contribution in [2.24, 2.45) is 0 Å². The number of nitrogens with one attached hydrogen (secondary N) is 3. The molecule has 0 radical (unpaired) electrons. The van der Waals surface area contributed by atoms with Gasteiger partial charge in [-0.15, -0.1) is 0 Å². The molecular formula is C24H27N7O2. The second kappa shape index (κ2) is 8.49. The van der Waals surface area contributed by atoms with E-state index in [2.05, 4.69) is 37.5 Å². The highest BCUT2D eigenvalue weighted by Crippen LogP contribution is 2.29. The molecule has 3 N–H and O–H groups in total. The number of anilines is 1. The molecule has 0 unspecified atom stereocenters. The summed E-state index contributed by atoms with van der Waals surface area (Å²) in [7, 11) is 0. The Morgan fingerprint density at radius 3 is 2.79 bits per heavy atom. The van der Waals surface area contributed by atoms with Gasteiger partial charge in [0.1, 0.15) is 5.69 Å². The fourth-order valence-electron chi connectivity index (χ4n) is 4.69. The summed E-state index contributed by atoms with van der Waals surface area (Å²) < 4.78 is 5.47. The van der Waals surface area contributed by atoms with Crippen molar-refractivity contribution in [1.29, 1.82) is 0 Å². The minimum absolute atomic E-state index is 0.0625. The molecular weight excluding hydrogens is 418 g/mol. The molecule has 2 saturated heterocycles. The SMILES string of the molecule is O=C(c1ccc2[nH]nc(-c3nc4ccc(N5CCOCC5)cc4[nH]3)c2c1)N1CCCNCC1. The second-order valence-corrected chi connectivity index (χ2v) is 8.61. The monoisotopic (exact) mass is 445 g/mol. The van der Waals surface area contributed by atoms with Gasteiger partial charge in [-0.2, -0.15) is 5.10 Å². The van der Waals surface area contributed by atoms with Crippen molar-refractivity contribution in [3.63, 3.8) is 0 Å². The van der Waals surface area contributed by atoms with Crippen LogP contribution < -0.4 is 10.2 Å². The highest BCUT2D eigenvalue weighted by molar-refractivity contribution is 6.01. The van der Waals surface area contributed by atoms with Crippen LogP contribution in [0.15, 0.2) is 36.4 Å². The van der Waals surface area contributed by atoms with Gasteiger partial charge < -0.3 is 24.8 Å². The van der Waals surface area contributed by atoms with Gasteiger partial charge in [-0.05, 0) is 49.4 Å². The van der Waals surface area contributed by atoms with Crippen molar-refractivity contribution in [1.82, 2.24) is 30.4 Å². The summed E-state index contributed by atoms with van der Waals surface area (Å²) in [5.41, 5.74) is 5.30. The molecule has 4 aromatic rings. The van der Waals surface area contributed by atoms with Crippen molar-refractivity contribution in [3.05, 3.63) is 42.0 Å². The fraction of sp³-hybridized carbons (Fsp3) is 0.375. The topological polar surface area (TPSA) is 102 Å². The van der Waals surface area contributed by atoms with Crippen LogP contribution in [0, 0.1) is 0 Å². The van der Waals surface area contributed by atoms with Gasteiger partial charge in [0.15, 0.2) is 5.82 Å². The molecule has 0 bridgehead atoms. The highest BCUT2D eigenvalue weighted by Gasteiger charge is 2.20. The number of amides is 1. The first kappa shape index (κ1) is 20.2. The van der Waals surface area contributed by atoms with E-state index in [0.717, 1.165) is 92.2 Å². The summed E-state index contributed by atoms with van der Waals surface area (Å²) in [5.74, 6) is 0.756. The number of nitrogens with zero attached hydrogens (tertiary/aromatic N) is 4. The van der Waals surface area contributed by atoms with Gasteiger partial charge in [0.05, 0.1) is 29.8 Å². The molecule has 1 amide bonds. The van der Waals surface area contributed by atoms with Gasteiger partial charge in [-0.25, -0.2) is 4.98 Å². The molecule has 170 valence electrons. The Hall–Kier alpha value is -3.43. The molecule has 9 heteroatoms. The third kappa shape index (κ3) is 3.83. The van der Waals surface area contributed by atoms with E-state index < -0.39 is 0 Å². The van der Waals surface area contributed by atoms with Crippen LogP contribution in [-0.2, 0) is 4.74 Å². The van der Waals surface area contributed by atoms with E-state index in [4.69, 9.17) is 9.72 Å². The molecule has 6 rings (SSSR count). The van der Waals surface area contributed by atoms with Crippen LogP contribution in [0.1, 0.15) is 16.8 Å². The third-order valence-corrected chi connectivity index (χ3v) is 6.50. The van der Waals surface area contributed by atoms with Crippen LogP contribution in [0.3, 0.4) is 0 Å². The Balaban J connectivity index is 1.33. The maximum atomic E-state index is 13.1. The van der Waals surface area contributed by atoms with Gasteiger partial charge >= 0.3 is 0 Å². The standard InChI is InChI=1S/C24H27N7O2/c32-24(31-8-1-6-25-7-9-31)16-2-4-19-18(14-16)22(29-28-19)23-26-20-5-3-17(15-21(20)27-23)30-10-12-33-13-11-30/h2-5,14-15,25H,1,6-13H2,(H,26,27)(H,28,29). The summed E-state index contributed by atoms with van der Waals surface area (Å²) in [4.78, 5) is 25.6. The second-order valence-electron chi connectivity index (χ2n) is 8.61. The maximum Gasteiger partial charge on any atom is 0.253 e. The average molecular weight is 446 g/mol. The lowest BCUT2D eigenvalue weighted by Gasteiger charge is -2.28. The van der Waals surface area contributed by atoms with E-state index in [-0.39, 0.29) is 5.91 Å². The number of carbonyl (C=O) groups is 1. The number of morpholine rings is 1. The van der Waals surface area contributed by atoms with Crippen LogP contribution in [-0.4, -0.2) is 83.5 Å². The van der Waals surface area contributed by atoms with E-state index in [1.165, 1.54) is 0 Å². The van der Waals surface area contributed by atoms with Crippen LogP contribution in [0.5, 0.6) is 0 Å². The van der Waals surface area contributed by atoms with Crippen LogP contribution in [0.4, 0.5) is 5.69 Å². The van der Waals surface area contributed by atoms with E-state index in [9.17, 15) is 4.79 Å². The van der Waals surface area contributed by atoms with Gasteiger partial charge in [0, 0.05) is 49.4 Å². The van der Waals surface area contributed by atoms with Crippen molar-refractivity contribution in [2.75, 3.05) is 57.4 Å². The molecule has 2 aromatic carbocycles. The lowest BCUT2D eigenvalue weighted by molar-refractivity contribution is 0.0766. The molecule has 0 saturated carbocycles. The lowest BCUT2D eigenvalue weighted by Crippen LogP contribution is -2.36. The van der Waals surface area contributed by atoms with Crippen molar-refractivity contribution in [2.45, 2.75) is 6.42 Å². The van der Waals surface area contributed by atoms with Crippen molar-refractivity contribution >= 4 is 33.5 Å². The highest BCUT2D eigenvalue weighted by atomic mass is 16.5. The summed E-state index contributed by atoms with van der Waals surface area (Å²) in [6, 6.07) is 12.0. The smallest absolute Gasteiger partial charge is 0.253 e. The zero-order chi connectivity index (χ0) is 22.2. The lowest BCUT2D eigenvalue weighted by atomic mass is 10.1. The third-order valence-electron chi connectivity index (χ3n) is 6.50. The number of H-pyrrole nitrogens is 2. The Morgan fingerprint density at radius 1 is 0.970 bits per heavy atom. The quantitative estimate of drug-likeness (QED) is 0.448. The first-order chi connectivity index (χ1) is 16.3. The van der Waals surface area contributed by atoms with Gasteiger partial charge in [-0.1, -0.05) is 0 Å². The number of hydrogen-bond donors (Lipinski definition) is 3. The molecule has 2 aromatic heterocycles. The van der Waals surface area contributed by atoms with Gasteiger partial charge in [-0.3, -0.25) is 9.89 Å². The van der Waals surface area contributed by atoms with Crippen molar-refractivity contribution in [3.8, 4) is 11.5 Å². The van der Waals surface area contributed by atoms with E-state index in [1.54, 1.807) is 0 Å². The summed E-state index contributed by atoms with van der Waals surface area (Å²) in [6.07, 6.45) is 0.969.